The van der Waals surface area contributed by atoms with E-state index in [1.54, 1.807) is 36.0 Å². The summed E-state index contributed by atoms with van der Waals surface area (Å²) in [6, 6.07) is 0.810. The molecule has 0 saturated heterocycles. The summed E-state index contributed by atoms with van der Waals surface area (Å²) in [6.45, 7) is -0.0403. The van der Waals surface area contributed by atoms with Gasteiger partial charge in [-0.15, -0.1) is 0 Å². The van der Waals surface area contributed by atoms with Crippen LogP contribution in [0.2, 0.25) is 0 Å². The highest BCUT2D eigenvalue weighted by Gasteiger charge is 2.43. The summed E-state index contributed by atoms with van der Waals surface area (Å²) in [5.74, 6) is 0.928. The van der Waals surface area contributed by atoms with Crippen molar-refractivity contribution in [3.05, 3.63) is 53.9 Å². The van der Waals surface area contributed by atoms with Gasteiger partial charge in [0.25, 0.3) is 0 Å². The second-order valence-corrected chi connectivity index (χ2v) is 14.3. The van der Waals surface area contributed by atoms with E-state index >= 15 is 0 Å². The summed E-state index contributed by atoms with van der Waals surface area (Å²) in [6.07, 6.45) is -0.839. The normalized spacial score (nSPS) is 19.8. The van der Waals surface area contributed by atoms with Gasteiger partial charge >= 0.3 is 12.4 Å². The molecule has 0 aliphatic carbocycles. The van der Waals surface area contributed by atoms with Gasteiger partial charge in [0.1, 0.15) is 30.3 Å². The summed E-state index contributed by atoms with van der Waals surface area (Å²) >= 11 is 0. The van der Waals surface area contributed by atoms with Crippen LogP contribution in [0.3, 0.4) is 0 Å². The molecule has 2 unspecified atom stereocenters. The zero-order valence-electron chi connectivity index (χ0n) is 30.3. The quantitative estimate of drug-likeness (QED) is 0.191. The first-order valence-corrected chi connectivity index (χ1v) is 17.8. The van der Waals surface area contributed by atoms with Gasteiger partial charge in [-0.2, -0.15) is 46.5 Å². The largest absolute Gasteiger partial charge is 0.408 e. The van der Waals surface area contributed by atoms with Gasteiger partial charge in [-0.25, -0.2) is 9.97 Å². The Labute approximate surface area is 314 Å². The smallest absolute Gasteiger partial charge is 0.354 e. The lowest BCUT2D eigenvalue weighted by Gasteiger charge is -2.44. The van der Waals surface area contributed by atoms with Gasteiger partial charge in [-0.1, -0.05) is 0 Å². The number of hydrogen-bond acceptors (Lipinski definition) is 12. The van der Waals surface area contributed by atoms with E-state index < -0.39 is 31.5 Å². The summed E-state index contributed by atoms with van der Waals surface area (Å²) in [7, 11) is 3.60. The molecule has 8 rings (SSSR count). The van der Waals surface area contributed by atoms with Crippen molar-refractivity contribution >= 4 is 52.1 Å². The minimum absolute atomic E-state index is 0.0942. The van der Waals surface area contributed by atoms with Gasteiger partial charge in [-0.3, -0.25) is 23.5 Å². The second kappa shape index (κ2) is 13.7. The molecule has 296 valence electrons. The molecule has 0 aromatic carbocycles. The number of carbonyl (C=O) groups excluding carboxylic acids is 2. The number of carbonyl (C=O) groups is 2. The van der Waals surface area contributed by atoms with Crippen LogP contribution in [0, 0.1) is 0 Å². The monoisotopic (exact) mass is 786 g/mol. The fourth-order valence-electron chi connectivity index (χ4n) is 7.52. The van der Waals surface area contributed by atoms with E-state index in [0.717, 1.165) is 9.36 Å². The highest BCUT2D eigenvalue weighted by atomic mass is 19.4. The van der Waals surface area contributed by atoms with Crippen LogP contribution in [0.5, 0.6) is 0 Å². The fraction of sp³-hybridized carbons (Fsp3) is 0.471. The molecule has 5 aromatic heterocycles. The molecule has 56 heavy (non-hydrogen) atoms. The van der Waals surface area contributed by atoms with Crippen molar-refractivity contribution in [2.75, 3.05) is 46.0 Å². The number of anilines is 5. The number of hydrogen-bond donors (Lipinski definition) is 2. The highest BCUT2D eigenvalue weighted by molar-refractivity contribution is 6.05. The predicted octanol–water partition coefficient (Wildman–Crippen LogP) is 4.56. The molecule has 5 aromatic rings. The molecule has 3 atom stereocenters. The lowest BCUT2D eigenvalue weighted by molar-refractivity contribution is -0.143. The molecule has 16 nitrogen and oxygen atoms in total. The van der Waals surface area contributed by atoms with Crippen LogP contribution >= 0.6 is 0 Å². The molecule has 0 spiro atoms. The van der Waals surface area contributed by atoms with Gasteiger partial charge in [0.05, 0.1) is 23.6 Å². The van der Waals surface area contributed by atoms with Crippen molar-refractivity contribution in [1.82, 2.24) is 44.1 Å². The van der Waals surface area contributed by atoms with Crippen molar-refractivity contribution in [3.63, 3.8) is 0 Å². The van der Waals surface area contributed by atoms with Crippen LogP contribution in [-0.4, -0.2) is 101 Å². The SMILES string of the molecule is C[C@H]1C(=O)N2CCC(CC3CC(=O)n4ccc5nc(NCc6cnn(CC(F)(F)F)c6)nc(c54)N3C)c3nc(NCc4cnn(CC(F)(F)F)c4)nc(c32)N1C. The van der Waals surface area contributed by atoms with Crippen molar-refractivity contribution in [3.8, 4) is 0 Å². The number of nitrogens with zero attached hydrogens (tertiary/aromatic N) is 12. The van der Waals surface area contributed by atoms with Crippen LogP contribution in [-0.2, 0) is 31.0 Å². The zero-order chi connectivity index (χ0) is 39.7. The highest BCUT2D eigenvalue weighted by Crippen LogP contribution is 2.46. The van der Waals surface area contributed by atoms with E-state index in [9.17, 15) is 35.9 Å². The molecule has 0 radical (unpaired) electrons. The summed E-state index contributed by atoms with van der Waals surface area (Å²) in [5, 5.41) is 13.8. The summed E-state index contributed by atoms with van der Waals surface area (Å²) in [4.78, 5) is 51.6. The van der Waals surface area contributed by atoms with Crippen LogP contribution in [0.25, 0.3) is 11.0 Å². The van der Waals surface area contributed by atoms with Crippen LogP contribution < -0.4 is 25.3 Å². The average Bonchev–Trinajstić information content (AvgIpc) is 3.88. The van der Waals surface area contributed by atoms with Crippen molar-refractivity contribution < 1.29 is 35.9 Å². The maximum absolute atomic E-state index is 13.7. The molecule has 0 fully saturated rings. The number of amides is 1. The minimum Gasteiger partial charge on any atom is -0.354 e. The maximum Gasteiger partial charge on any atom is 0.408 e. The number of aromatic nitrogens is 9. The number of nitrogens with one attached hydrogen (secondary N) is 2. The second-order valence-electron chi connectivity index (χ2n) is 14.3. The third-order valence-corrected chi connectivity index (χ3v) is 10.4. The van der Waals surface area contributed by atoms with Gasteiger partial charge in [0.2, 0.25) is 23.7 Å². The van der Waals surface area contributed by atoms with Gasteiger partial charge in [-0.05, 0) is 25.8 Å². The topological polar surface area (TPSA) is 160 Å². The molecule has 22 heteroatoms. The van der Waals surface area contributed by atoms with E-state index in [1.807, 2.05) is 11.9 Å². The first kappa shape index (κ1) is 37.0. The van der Waals surface area contributed by atoms with Crippen LogP contribution in [0.15, 0.2) is 37.1 Å². The standard InChI is InChI=1S/C34H36F6N14O2/c1-18-30(56)54-6-4-21(25-27(54)29(49(18)2)48-32(46-25)42-11-20-13-44-52(15-20)17-34(38,39)40)8-22-9-24(55)53-7-5-23-26(53)28(50(22)3)47-31(45-23)41-10-19-12-43-51(14-19)16-33(35,36)37/h5,7,12-15,18,21-22H,4,6,8-11,16-17H2,1-3H3,(H,41,45,47)(H,42,46,48)/t18-,21?,22?/m0/s1. The van der Waals surface area contributed by atoms with Gasteiger partial charge < -0.3 is 25.3 Å². The Bertz CT molecular complexity index is 2320. The third kappa shape index (κ3) is 7.14. The van der Waals surface area contributed by atoms with E-state index in [4.69, 9.17) is 15.0 Å². The average molecular weight is 787 g/mol. The first-order valence-electron chi connectivity index (χ1n) is 17.8. The lowest BCUT2D eigenvalue weighted by atomic mass is 9.86. The number of halogens is 6. The Morgan fingerprint density at radius 3 is 2.05 bits per heavy atom. The predicted molar refractivity (Wildman–Crippen MR) is 190 cm³/mol. The first-order chi connectivity index (χ1) is 26.5. The van der Waals surface area contributed by atoms with Crippen LogP contribution in [0.4, 0.5) is 55.6 Å². The number of alkyl halides is 6. The van der Waals surface area contributed by atoms with E-state index in [2.05, 4.69) is 25.8 Å². The zero-order valence-corrected chi connectivity index (χ0v) is 30.3. The Balaban J connectivity index is 1.07. The van der Waals surface area contributed by atoms with Crippen molar-refractivity contribution in [1.29, 1.82) is 0 Å². The van der Waals surface area contributed by atoms with Crippen molar-refractivity contribution in [2.24, 2.45) is 0 Å². The number of likely N-dealkylation sites (N-methyl/N-ethyl adjacent to an activating group) is 1. The molecule has 3 aliphatic heterocycles. The maximum atomic E-state index is 13.7. The van der Waals surface area contributed by atoms with E-state index in [1.165, 1.54) is 29.4 Å². The molecule has 8 heterocycles. The van der Waals surface area contributed by atoms with Gasteiger partial charge in [0.15, 0.2) is 11.6 Å². The molecule has 3 aliphatic rings. The third-order valence-electron chi connectivity index (χ3n) is 10.4. The Morgan fingerprint density at radius 2 is 1.43 bits per heavy atom. The molecule has 0 saturated carbocycles. The Kier molecular flexibility index (Phi) is 9.02. The molecule has 0 bridgehead atoms. The summed E-state index contributed by atoms with van der Waals surface area (Å²) < 4.78 is 80.5. The molecular weight excluding hydrogens is 750 g/mol. The van der Waals surface area contributed by atoms with E-state index in [-0.39, 0.29) is 55.2 Å². The van der Waals surface area contributed by atoms with Crippen LogP contribution in [0.1, 0.15) is 53.7 Å². The minimum atomic E-state index is -4.42. The molecule has 2 N–H and O–H groups in total. The fourth-order valence-corrected chi connectivity index (χ4v) is 7.52. The van der Waals surface area contributed by atoms with E-state index in [0.29, 0.717) is 64.6 Å². The Morgan fingerprint density at radius 1 is 0.821 bits per heavy atom. The van der Waals surface area contributed by atoms with Crippen molar-refractivity contribution in [2.45, 2.75) is 82.7 Å². The Hall–Kier alpha value is -5.96. The summed E-state index contributed by atoms with van der Waals surface area (Å²) in [5.41, 5.74) is 3.19. The molecule has 1 amide bonds. The molecular formula is C34H36F6N14O2. The number of rotatable bonds is 10. The van der Waals surface area contributed by atoms with Gasteiger partial charge in [0, 0.05) is 81.8 Å². The lowest BCUT2D eigenvalue weighted by Crippen LogP contribution is -2.53.